The van der Waals surface area contributed by atoms with Gasteiger partial charge in [0.15, 0.2) is 0 Å². The van der Waals surface area contributed by atoms with E-state index in [1.807, 2.05) is 0 Å². The van der Waals surface area contributed by atoms with E-state index in [9.17, 15) is 0 Å². The summed E-state index contributed by atoms with van der Waals surface area (Å²) in [6.45, 7) is 4.75. The van der Waals surface area contributed by atoms with Gasteiger partial charge in [-0.05, 0) is 0 Å². The van der Waals surface area contributed by atoms with E-state index in [0.717, 1.165) is 12.8 Å². The molecule has 4 heteroatoms. The van der Waals surface area contributed by atoms with Crippen molar-refractivity contribution < 1.29 is 13.0 Å². The number of fused-ring (bicyclic) bond motifs is 2. The molecule has 0 radical (unpaired) electrons. The van der Waals surface area contributed by atoms with Crippen LogP contribution in [0.25, 0.3) is 34.4 Å². The number of halogens is 2. The fourth-order valence-electron chi connectivity index (χ4n) is 9.20. The second kappa shape index (κ2) is 13.8. The van der Waals surface area contributed by atoms with Crippen molar-refractivity contribution in [1.29, 1.82) is 0 Å². The summed E-state index contributed by atoms with van der Waals surface area (Å²) >= 11 is 5.43. The summed E-state index contributed by atoms with van der Waals surface area (Å²) in [7, 11) is 0. The second-order valence-corrected chi connectivity index (χ2v) is 96.9. The maximum absolute atomic E-state index is 5.16. The summed E-state index contributed by atoms with van der Waals surface area (Å²) in [4.78, 5) is 0. The van der Waals surface area contributed by atoms with Crippen LogP contribution in [0.5, 0.6) is 0 Å². The van der Waals surface area contributed by atoms with E-state index in [4.69, 9.17) is 24.6 Å². The zero-order chi connectivity index (χ0) is 34.3. The van der Waals surface area contributed by atoms with Crippen LogP contribution >= 0.6 is 24.6 Å². The molecule has 0 fully saturated rings. The van der Waals surface area contributed by atoms with E-state index in [0.29, 0.717) is 0 Å². The van der Waals surface area contributed by atoms with Gasteiger partial charge in [-0.15, -0.1) is 0 Å². The molecule has 2 aliphatic carbocycles. The van der Waals surface area contributed by atoms with E-state index in [1.54, 1.807) is 11.1 Å². The van der Waals surface area contributed by atoms with Gasteiger partial charge in [0.2, 0.25) is 0 Å². The normalized spacial score (nSPS) is 17.4. The Morgan fingerprint density at radius 3 is 1.18 bits per heavy atom. The zero-order valence-electron chi connectivity index (χ0n) is 28.6. The Morgan fingerprint density at radius 1 is 0.460 bits per heavy atom. The first-order valence-electron chi connectivity index (χ1n) is 17.9. The first kappa shape index (κ1) is 34.0. The summed E-state index contributed by atoms with van der Waals surface area (Å²) in [5.41, 5.74) is 14.1. The Kier molecular flexibility index (Phi) is 9.35. The molecule has 0 saturated carbocycles. The summed E-state index contributed by atoms with van der Waals surface area (Å²) in [6.07, 6.45) is 7.18. The Hall–Kier alpha value is -3.15. The van der Waals surface area contributed by atoms with Crippen LogP contribution in [0, 0.1) is 0 Å². The molecule has 0 spiro atoms. The van der Waals surface area contributed by atoms with Crippen LogP contribution in [0.15, 0.2) is 169 Å². The molecule has 2 unspecified atom stereocenters. The molecule has 2 aliphatic rings. The third-order valence-corrected chi connectivity index (χ3v) is 89.2. The second-order valence-electron chi connectivity index (χ2n) is 13.8. The number of hydrogen-bond acceptors (Lipinski definition) is 0. The quantitative estimate of drug-likeness (QED) is 0.127. The van der Waals surface area contributed by atoms with E-state index in [1.165, 1.54) is 54.9 Å². The molecule has 6 aromatic carbocycles. The molecule has 0 aliphatic heterocycles. The number of hydrogen-bond donors (Lipinski definition) is 0. The van der Waals surface area contributed by atoms with E-state index < -0.39 is 19.0 Å². The van der Waals surface area contributed by atoms with Crippen molar-refractivity contribution in [1.82, 2.24) is 0 Å². The summed E-state index contributed by atoms with van der Waals surface area (Å²) in [6, 6.07) is 59.2. The molecule has 0 bridgehead atoms. The van der Waals surface area contributed by atoms with E-state index in [2.05, 4.69) is 184 Å². The van der Waals surface area contributed by atoms with Gasteiger partial charge in [0.05, 0.1) is 0 Å². The standard InChI is InChI=1S/2C17H15.C12H11Si.2BrH.Hf/c2*1-2-13-11-15-9-6-10-16(17(15)12-13)14-7-4-3-5-8-14;1-3-7-11(8-4-1)13-12-9-5-2-6-10-12;;;/h2*3-12H,2H2,1H3;1-10,13H;2*1H;/q;;;;;+2/p-2. The first-order chi connectivity index (χ1) is 24.4. The Balaban J connectivity index is 1.47. The van der Waals surface area contributed by atoms with Crippen LogP contribution in [0.1, 0.15) is 56.3 Å². The molecule has 50 heavy (non-hydrogen) atoms. The third-order valence-electron chi connectivity index (χ3n) is 11.2. The van der Waals surface area contributed by atoms with Crippen molar-refractivity contribution in [2.45, 2.75) is 34.0 Å². The van der Waals surface area contributed by atoms with Gasteiger partial charge in [-0.2, -0.15) is 0 Å². The molecule has 0 nitrogen and oxygen atoms in total. The number of rotatable bonds is 9. The van der Waals surface area contributed by atoms with Crippen LogP contribution < -0.4 is 10.4 Å². The van der Waals surface area contributed by atoms with Crippen LogP contribution in [-0.2, 0) is 13.0 Å². The van der Waals surface area contributed by atoms with Crippen molar-refractivity contribution >= 4 is 53.1 Å². The Labute approximate surface area is 310 Å². The summed E-state index contributed by atoms with van der Waals surface area (Å²) < 4.78 is 0.554. The van der Waals surface area contributed by atoms with Gasteiger partial charge in [-0.1, -0.05) is 0 Å². The fourth-order valence-corrected chi connectivity index (χ4v) is 102. The predicted molar refractivity (Wildman–Crippen MR) is 223 cm³/mol. The van der Waals surface area contributed by atoms with Crippen LogP contribution in [-0.4, -0.2) is 5.98 Å². The van der Waals surface area contributed by atoms with E-state index >= 15 is 0 Å². The van der Waals surface area contributed by atoms with Crippen LogP contribution in [0.2, 0.25) is 0 Å². The van der Waals surface area contributed by atoms with Crippen molar-refractivity contribution in [2.24, 2.45) is 0 Å². The van der Waals surface area contributed by atoms with Crippen molar-refractivity contribution in [2.75, 3.05) is 0 Å². The van der Waals surface area contributed by atoms with Gasteiger partial charge in [0, 0.05) is 0 Å². The predicted octanol–water partition coefficient (Wildman–Crippen LogP) is 12.3. The van der Waals surface area contributed by atoms with Crippen LogP contribution in [0.4, 0.5) is 0 Å². The van der Waals surface area contributed by atoms with Gasteiger partial charge >= 0.3 is 314 Å². The zero-order valence-corrected chi connectivity index (χ0v) is 36.5. The van der Waals surface area contributed by atoms with Gasteiger partial charge in [0.25, 0.3) is 0 Å². The molecule has 8 rings (SSSR count). The molecule has 0 amide bonds. The van der Waals surface area contributed by atoms with E-state index in [-0.39, 0.29) is 7.35 Å². The minimum atomic E-state index is -4.90. The van der Waals surface area contributed by atoms with Crippen molar-refractivity contribution in [3.8, 4) is 22.3 Å². The molecule has 0 saturated heterocycles. The molecule has 0 aromatic heterocycles. The Morgan fingerprint density at radius 2 is 0.820 bits per heavy atom. The Bertz CT molecular complexity index is 2070. The molecular formula is C46H41Br2HfSi. The number of benzene rings is 6. The molecule has 6 aromatic rings. The monoisotopic (exact) mass is 959 g/mol. The van der Waals surface area contributed by atoms with Crippen LogP contribution in [0.3, 0.4) is 0 Å². The topological polar surface area (TPSA) is 0 Å². The third kappa shape index (κ3) is 5.53. The molecule has 0 heterocycles. The maximum atomic E-state index is 5.16. The SMILES string of the molecule is CCC1=Cc2c(-c3ccccc3)cccc2[CH]1[Hf]([Br])([Br])([CH]1C(CC)=Cc2c(-c3ccccc3)cccc21)[SiH](c1ccccc1)c1ccccc1. The van der Waals surface area contributed by atoms with Crippen molar-refractivity contribution in [3.63, 3.8) is 0 Å². The molecule has 247 valence electrons. The first-order valence-corrected chi connectivity index (χ1v) is 45.7. The summed E-state index contributed by atoms with van der Waals surface area (Å²) in [5.74, 6) is -2.03. The number of allylic oxidation sites excluding steroid dienone is 2. The minimum absolute atomic E-state index is 0.277. The average Bonchev–Trinajstić information content (AvgIpc) is 3.77. The molecular weight excluding hydrogens is 919 g/mol. The summed E-state index contributed by atoms with van der Waals surface area (Å²) in [5, 5.41) is 3.02. The fraction of sp³-hybridized carbons (Fsp3) is 0.130. The van der Waals surface area contributed by atoms with Gasteiger partial charge in [-0.25, -0.2) is 0 Å². The molecule has 2 atom stereocenters. The average molecular weight is 960 g/mol. The molecule has 0 N–H and O–H groups in total. The van der Waals surface area contributed by atoms with Gasteiger partial charge in [-0.3, -0.25) is 0 Å². The van der Waals surface area contributed by atoms with Gasteiger partial charge in [0.1, 0.15) is 0 Å². The van der Waals surface area contributed by atoms with Crippen molar-refractivity contribution in [3.05, 3.63) is 191 Å². The van der Waals surface area contributed by atoms with Gasteiger partial charge < -0.3 is 0 Å².